The maximum atomic E-state index is 9.83. The van der Waals surface area contributed by atoms with Gasteiger partial charge < -0.3 is 10.0 Å². The highest BCUT2D eigenvalue weighted by Crippen LogP contribution is 2.28. The van der Waals surface area contributed by atoms with Crippen molar-refractivity contribution in [3.05, 3.63) is 59.7 Å². The number of phenols is 1. The second kappa shape index (κ2) is 6.64. The van der Waals surface area contributed by atoms with Crippen LogP contribution < -0.4 is 0 Å². The molecule has 2 aromatic rings. The van der Waals surface area contributed by atoms with Crippen molar-refractivity contribution in [1.82, 2.24) is 4.90 Å². The molecule has 2 nitrogen and oxygen atoms in total. The van der Waals surface area contributed by atoms with Crippen molar-refractivity contribution in [1.29, 1.82) is 0 Å². The van der Waals surface area contributed by atoms with Gasteiger partial charge in [0.1, 0.15) is 5.75 Å². The summed E-state index contributed by atoms with van der Waals surface area (Å²) >= 11 is 1.79. The molecule has 100 valence electrons. The summed E-state index contributed by atoms with van der Waals surface area (Å²) in [6.45, 7) is 0.756. The molecular weight excluding hydrogens is 254 g/mol. The first-order valence-corrected chi connectivity index (χ1v) is 7.27. The molecule has 0 saturated heterocycles. The first-order chi connectivity index (χ1) is 9.15. The number of rotatable bonds is 5. The third-order valence-electron chi connectivity index (χ3n) is 2.79. The largest absolute Gasteiger partial charge is 0.508 e. The van der Waals surface area contributed by atoms with Gasteiger partial charge in [-0.15, -0.1) is 11.8 Å². The Hall–Kier alpha value is -1.45. The number of benzene rings is 2. The molecule has 0 heterocycles. The first kappa shape index (κ1) is 14.0. The number of aromatic hydroxyl groups is 1. The summed E-state index contributed by atoms with van der Waals surface area (Å²) in [7, 11) is 4.01. The second-order valence-electron chi connectivity index (χ2n) is 4.80. The van der Waals surface area contributed by atoms with Crippen LogP contribution >= 0.6 is 11.8 Å². The second-order valence-corrected chi connectivity index (χ2v) is 5.85. The lowest BCUT2D eigenvalue weighted by Crippen LogP contribution is -2.10. The highest BCUT2D eigenvalue weighted by Gasteiger charge is 2.05. The predicted octanol–water partition coefficient (Wildman–Crippen LogP) is 3.75. The number of nitrogens with zero attached hydrogens (tertiary/aromatic N) is 1. The Bertz CT molecular complexity index is 526. The lowest BCUT2D eigenvalue weighted by molar-refractivity contribution is 0.385. The van der Waals surface area contributed by atoms with Gasteiger partial charge >= 0.3 is 0 Å². The number of hydrogen-bond acceptors (Lipinski definition) is 3. The molecule has 0 spiro atoms. The lowest BCUT2D eigenvalue weighted by Gasteiger charge is -2.12. The molecular formula is C16H19NOS. The maximum absolute atomic E-state index is 9.83. The van der Waals surface area contributed by atoms with E-state index in [2.05, 4.69) is 35.2 Å². The van der Waals surface area contributed by atoms with Gasteiger partial charge in [-0.1, -0.05) is 30.3 Å². The molecule has 0 bridgehead atoms. The molecule has 0 aliphatic heterocycles. The molecule has 0 atom stereocenters. The van der Waals surface area contributed by atoms with E-state index in [1.165, 1.54) is 10.5 Å². The Morgan fingerprint density at radius 3 is 2.47 bits per heavy atom. The van der Waals surface area contributed by atoms with Gasteiger partial charge in [0.2, 0.25) is 0 Å². The normalized spacial score (nSPS) is 10.9. The van der Waals surface area contributed by atoms with Crippen LogP contribution in [0, 0.1) is 0 Å². The van der Waals surface area contributed by atoms with Crippen molar-refractivity contribution in [3.8, 4) is 5.75 Å². The minimum atomic E-state index is 0.373. The van der Waals surface area contributed by atoms with Crippen LogP contribution in [0.25, 0.3) is 0 Å². The molecule has 0 aliphatic rings. The molecule has 1 N–H and O–H groups in total. The van der Waals surface area contributed by atoms with Crippen LogP contribution in [0.3, 0.4) is 0 Å². The van der Waals surface area contributed by atoms with Gasteiger partial charge in [-0.3, -0.25) is 0 Å². The molecule has 0 radical (unpaired) electrons. The zero-order valence-electron chi connectivity index (χ0n) is 11.3. The van der Waals surface area contributed by atoms with Gasteiger partial charge in [-0.05, 0) is 37.9 Å². The van der Waals surface area contributed by atoms with Gasteiger partial charge in [-0.25, -0.2) is 0 Å². The molecule has 0 unspecified atom stereocenters. The van der Waals surface area contributed by atoms with Crippen LogP contribution in [0.5, 0.6) is 5.75 Å². The Balaban J connectivity index is 2.04. The maximum Gasteiger partial charge on any atom is 0.120 e. The van der Waals surface area contributed by atoms with E-state index in [0.717, 1.165) is 17.9 Å². The topological polar surface area (TPSA) is 23.5 Å². The molecule has 0 fully saturated rings. The summed E-state index contributed by atoms with van der Waals surface area (Å²) in [5.74, 6) is 1.32. The van der Waals surface area contributed by atoms with Crippen LogP contribution in [0.15, 0.2) is 53.4 Å². The van der Waals surface area contributed by atoms with Crippen LogP contribution in [-0.4, -0.2) is 24.1 Å². The van der Waals surface area contributed by atoms with Crippen molar-refractivity contribution < 1.29 is 5.11 Å². The zero-order valence-corrected chi connectivity index (χ0v) is 12.2. The van der Waals surface area contributed by atoms with Crippen LogP contribution in [0.4, 0.5) is 0 Å². The lowest BCUT2D eigenvalue weighted by atomic mass is 10.2. The van der Waals surface area contributed by atoms with E-state index < -0.39 is 0 Å². The zero-order chi connectivity index (χ0) is 13.7. The fourth-order valence-electron chi connectivity index (χ4n) is 1.86. The van der Waals surface area contributed by atoms with Crippen molar-refractivity contribution in [3.63, 3.8) is 0 Å². The van der Waals surface area contributed by atoms with Gasteiger partial charge in [-0.2, -0.15) is 0 Å². The summed E-state index contributed by atoms with van der Waals surface area (Å²) in [5, 5.41) is 9.83. The number of thioether (sulfide) groups is 1. The van der Waals surface area contributed by atoms with Crippen molar-refractivity contribution in [2.45, 2.75) is 17.2 Å². The first-order valence-electron chi connectivity index (χ1n) is 6.28. The summed E-state index contributed by atoms with van der Waals surface area (Å²) in [6, 6.07) is 16.2. The fourth-order valence-corrected chi connectivity index (χ4v) is 2.78. The molecule has 0 saturated carbocycles. The molecule has 2 rings (SSSR count). The standard InChI is InChI=1S/C16H19NOS/c1-17(2)11-14-10-15(8-9-16(14)18)19-12-13-6-4-3-5-7-13/h3-10,18H,11-12H2,1-2H3. The summed E-state index contributed by atoms with van der Waals surface area (Å²) < 4.78 is 0. The molecule has 0 amide bonds. The van der Waals surface area contributed by atoms with E-state index in [1.807, 2.05) is 26.2 Å². The van der Waals surface area contributed by atoms with Crippen LogP contribution in [-0.2, 0) is 12.3 Å². The summed E-state index contributed by atoms with van der Waals surface area (Å²) in [5.41, 5.74) is 2.29. The van der Waals surface area contributed by atoms with E-state index in [9.17, 15) is 5.11 Å². The van der Waals surface area contributed by atoms with Crippen LogP contribution in [0.2, 0.25) is 0 Å². The van der Waals surface area contributed by atoms with E-state index in [0.29, 0.717) is 5.75 Å². The number of phenolic OH excluding ortho intramolecular Hbond substituents is 1. The minimum absolute atomic E-state index is 0.373. The third kappa shape index (κ3) is 4.30. The summed E-state index contributed by atoms with van der Waals surface area (Å²) in [4.78, 5) is 3.25. The fraction of sp³-hybridized carbons (Fsp3) is 0.250. The highest BCUT2D eigenvalue weighted by atomic mass is 32.2. The number of hydrogen-bond donors (Lipinski definition) is 1. The van der Waals surface area contributed by atoms with E-state index >= 15 is 0 Å². The quantitative estimate of drug-likeness (QED) is 0.839. The van der Waals surface area contributed by atoms with Gasteiger partial charge in [0.25, 0.3) is 0 Å². The summed E-state index contributed by atoms with van der Waals surface area (Å²) in [6.07, 6.45) is 0. The minimum Gasteiger partial charge on any atom is -0.508 e. The molecule has 2 aromatic carbocycles. The predicted molar refractivity (Wildman–Crippen MR) is 81.5 cm³/mol. The average molecular weight is 273 g/mol. The third-order valence-corrected chi connectivity index (χ3v) is 3.85. The van der Waals surface area contributed by atoms with Crippen molar-refractivity contribution in [2.75, 3.05) is 14.1 Å². The Morgan fingerprint density at radius 1 is 1.05 bits per heavy atom. The van der Waals surface area contributed by atoms with Crippen molar-refractivity contribution in [2.24, 2.45) is 0 Å². The van der Waals surface area contributed by atoms with E-state index in [1.54, 1.807) is 17.8 Å². The Kier molecular flexibility index (Phi) is 4.88. The molecule has 19 heavy (non-hydrogen) atoms. The molecule has 3 heteroatoms. The van der Waals surface area contributed by atoms with Gasteiger partial charge in [0.05, 0.1) is 0 Å². The van der Waals surface area contributed by atoms with E-state index in [-0.39, 0.29) is 0 Å². The van der Waals surface area contributed by atoms with Crippen LogP contribution in [0.1, 0.15) is 11.1 Å². The van der Waals surface area contributed by atoms with Gasteiger partial charge in [0, 0.05) is 22.8 Å². The monoisotopic (exact) mass is 273 g/mol. The van der Waals surface area contributed by atoms with Gasteiger partial charge in [0.15, 0.2) is 0 Å². The van der Waals surface area contributed by atoms with Crippen molar-refractivity contribution >= 4 is 11.8 Å². The molecule has 0 aliphatic carbocycles. The smallest absolute Gasteiger partial charge is 0.120 e. The Labute approximate surface area is 119 Å². The highest BCUT2D eigenvalue weighted by molar-refractivity contribution is 7.98. The van der Waals surface area contributed by atoms with E-state index in [4.69, 9.17) is 0 Å². The SMILES string of the molecule is CN(C)Cc1cc(SCc2ccccc2)ccc1O. The Morgan fingerprint density at radius 2 is 1.79 bits per heavy atom. The molecule has 0 aromatic heterocycles. The average Bonchev–Trinajstić information content (AvgIpc) is 2.40.